The first kappa shape index (κ1) is 13.0. The van der Waals surface area contributed by atoms with Gasteiger partial charge in [-0.05, 0) is 12.3 Å². The molecule has 0 radical (unpaired) electrons. The van der Waals surface area contributed by atoms with Crippen LogP contribution in [0.15, 0.2) is 0 Å². The van der Waals surface area contributed by atoms with E-state index in [1.807, 2.05) is 0 Å². The standard InChI is InChI=1S/C13H27NO/c1-4-5-6-7-15-11-13-9-14(10-13)8-12(2)3/h12-13H,4-11H2,1-3H3. The third kappa shape index (κ3) is 5.53. The second-order valence-electron chi connectivity index (χ2n) is 5.26. The summed E-state index contributed by atoms with van der Waals surface area (Å²) in [6.45, 7) is 12.5. The summed E-state index contributed by atoms with van der Waals surface area (Å²) in [5.41, 5.74) is 0. The topological polar surface area (TPSA) is 12.5 Å². The molecule has 1 heterocycles. The molecule has 1 rings (SSSR count). The van der Waals surface area contributed by atoms with Crippen molar-refractivity contribution >= 4 is 0 Å². The van der Waals surface area contributed by atoms with Gasteiger partial charge in [-0.1, -0.05) is 33.6 Å². The fourth-order valence-corrected chi connectivity index (χ4v) is 2.15. The Bertz CT molecular complexity index is 153. The van der Waals surface area contributed by atoms with Crippen molar-refractivity contribution in [2.45, 2.75) is 40.0 Å². The van der Waals surface area contributed by atoms with Crippen molar-refractivity contribution in [3.8, 4) is 0 Å². The zero-order valence-electron chi connectivity index (χ0n) is 10.7. The minimum Gasteiger partial charge on any atom is -0.381 e. The monoisotopic (exact) mass is 213 g/mol. The summed E-state index contributed by atoms with van der Waals surface area (Å²) < 4.78 is 5.67. The maximum Gasteiger partial charge on any atom is 0.0518 e. The van der Waals surface area contributed by atoms with Gasteiger partial charge in [0.05, 0.1) is 6.61 Å². The Morgan fingerprint density at radius 2 is 2.00 bits per heavy atom. The molecule has 0 atom stereocenters. The summed E-state index contributed by atoms with van der Waals surface area (Å²) in [5.74, 6) is 1.61. The lowest BCUT2D eigenvalue weighted by atomic mass is 10.00. The summed E-state index contributed by atoms with van der Waals surface area (Å²) in [6, 6.07) is 0. The second-order valence-corrected chi connectivity index (χ2v) is 5.26. The van der Waals surface area contributed by atoms with Crippen molar-refractivity contribution in [3.63, 3.8) is 0 Å². The molecule has 0 bridgehead atoms. The Labute approximate surface area is 95.0 Å². The molecule has 1 aliphatic heterocycles. The summed E-state index contributed by atoms with van der Waals surface area (Å²) in [7, 11) is 0. The maximum absolute atomic E-state index is 5.67. The Morgan fingerprint density at radius 3 is 2.60 bits per heavy atom. The summed E-state index contributed by atoms with van der Waals surface area (Å²) in [6.07, 6.45) is 3.83. The van der Waals surface area contributed by atoms with Crippen LogP contribution >= 0.6 is 0 Å². The molecule has 0 aromatic carbocycles. The smallest absolute Gasteiger partial charge is 0.0518 e. The van der Waals surface area contributed by atoms with Gasteiger partial charge in [-0.3, -0.25) is 0 Å². The van der Waals surface area contributed by atoms with Gasteiger partial charge < -0.3 is 9.64 Å². The molecule has 1 aliphatic rings. The van der Waals surface area contributed by atoms with Crippen molar-refractivity contribution in [2.24, 2.45) is 11.8 Å². The molecule has 2 heteroatoms. The SMILES string of the molecule is CCCCCOCC1CN(CC(C)C)C1. The zero-order valence-corrected chi connectivity index (χ0v) is 10.7. The molecule has 0 spiro atoms. The van der Waals surface area contributed by atoms with Crippen molar-refractivity contribution in [2.75, 3.05) is 32.8 Å². The Morgan fingerprint density at radius 1 is 1.27 bits per heavy atom. The van der Waals surface area contributed by atoms with Crippen LogP contribution in [0.4, 0.5) is 0 Å². The van der Waals surface area contributed by atoms with Crippen LogP contribution in [0.3, 0.4) is 0 Å². The van der Waals surface area contributed by atoms with Crippen LogP contribution in [-0.2, 0) is 4.74 Å². The van der Waals surface area contributed by atoms with Crippen LogP contribution in [-0.4, -0.2) is 37.7 Å². The predicted molar refractivity (Wildman–Crippen MR) is 65.1 cm³/mol. The van der Waals surface area contributed by atoms with Gasteiger partial charge >= 0.3 is 0 Å². The summed E-state index contributed by atoms with van der Waals surface area (Å²) in [4.78, 5) is 2.53. The van der Waals surface area contributed by atoms with Crippen LogP contribution in [0.25, 0.3) is 0 Å². The average molecular weight is 213 g/mol. The van der Waals surface area contributed by atoms with Crippen LogP contribution in [0.2, 0.25) is 0 Å². The van der Waals surface area contributed by atoms with E-state index in [-0.39, 0.29) is 0 Å². The average Bonchev–Trinajstić information content (AvgIpc) is 2.12. The second kappa shape index (κ2) is 7.24. The number of hydrogen-bond donors (Lipinski definition) is 0. The van der Waals surface area contributed by atoms with Crippen LogP contribution in [0.1, 0.15) is 40.0 Å². The largest absolute Gasteiger partial charge is 0.381 e. The fraction of sp³-hybridized carbons (Fsp3) is 1.00. The van der Waals surface area contributed by atoms with Gasteiger partial charge in [0.2, 0.25) is 0 Å². The molecular formula is C13H27NO. The minimum absolute atomic E-state index is 0.802. The predicted octanol–water partition coefficient (Wildman–Crippen LogP) is 2.78. The normalized spacial score (nSPS) is 18.4. The first-order chi connectivity index (χ1) is 7.22. The number of nitrogens with zero attached hydrogens (tertiary/aromatic N) is 1. The number of likely N-dealkylation sites (tertiary alicyclic amines) is 1. The van der Waals surface area contributed by atoms with Crippen LogP contribution in [0.5, 0.6) is 0 Å². The number of unbranched alkanes of at least 4 members (excludes halogenated alkanes) is 2. The van der Waals surface area contributed by atoms with Crippen molar-refractivity contribution in [1.29, 1.82) is 0 Å². The zero-order chi connectivity index (χ0) is 11.1. The lowest BCUT2D eigenvalue weighted by molar-refractivity contribution is 0.00859. The summed E-state index contributed by atoms with van der Waals surface area (Å²) in [5, 5.41) is 0. The molecule has 90 valence electrons. The van der Waals surface area contributed by atoms with Gasteiger partial charge in [0.25, 0.3) is 0 Å². The third-order valence-corrected chi connectivity index (χ3v) is 2.90. The van der Waals surface area contributed by atoms with Gasteiger partial charge in [0.1, 0.15) is 0 Å². The molecule has 2 nitrogen and oxygen atoms in total. The van der Waals surface area contributed by atoms with Gasteiger partial charge in [-0.15, -0.1) is 0 Å². The molecule has 15 heavy (non-hydrogen) atoms. The van der Waals surface area contributed by atoms with Gasteiger partial charge in [-0.25, -0.2) is 0 Å². The fourth-order valence-electron chi connectivity index (χ4n) is 2.15. The lowest BCUT2D eigenvalue weighted by Gasteiger charge is -2.40. The van der Waals surface area contributed by atoms with Crippen LogP contribution in [0, 0.1) is 11.8 Å². The Balaban J connectivity index is 1.85. The maximum atomic E-state index is 5.67. The number of hydrogen-bond acceptors (Lipinski definition) is 2. The molecule has 0 N–H and O–H groups in total. The molecule has 0 aromatic rings. The van der Waals surface area contributed by atoms with E-state index in [2.05, 4.69) is 25.7 Å². The molecular weight excluding hydrogens is 186 g/mol. The molecule has 0 amide bonds. The van der Waals surface area contributed by atoms with E-state index >= 15 is 0 Å². The van der Waals surface area contributed by atoms with Gasteiger partial charge in [0.15, 0.2) is 0 Å². The van der Waals surface area contributed by atoms with E-state index in [9.17, 15) is 0 Å². The first-order valence-electron chi connectivity index (χ1n) is 6.52. The number of rotatable bonds is 8. The van der Waals surface area contributed by atoms with E-state index in [0.29, 0.717) is 0 Å². The highest BCUT2D eigenvalue weighted by molar-refractivity contribution is 4.79. The highest BCUT2D eigenvalue weighted by Gasteiger charge is 2.26. The Kier molecular flexibility index (Phi) is 6.26. The van der Waals surface area contributed by atoms with E-state index in [1.165, 1.54) is 38.9 Å². The summed E-state index contributed by atoms with van der Waals surface area (Å²) >= 11 is 0. The number of ether oxygens (including phenoxy) is 1. The minimum atomic E-state index is 0.802. The quantitative estimate of drug-likeness (QED) is 0.575. The van der Waals surface area contributed by atoms with Gasteiger partial charge in [0, 0.05) is 32.2 Å². The highest BCUT2D eigenvalue weighted by Crippen LogP contribution is 2.17. The van der Waals surface area contributed by atoms with Crippen molar-refractivity contribution in [3.05, 3.63) is 0 Å². The molecule has 1 fully saturated rings. The van der Waals surface area contributed by atoms with E-state index in [0.717, 1.165) is 25.0 Å². The van der Waals surface area contributed by atoms with Gasteiger partial charge in [-0.2, -0.15) is 0 Å². The molecule has 0 aromatic heterocycles. The molecule has 0 saturated carbocycles. The third-order valence-electron chi connectivity index (χ3n) is 2.90. The van der Waals surface area contributed by atoms with Crippen LogP contribution < -0.4 is 0 Å². The highest BCUT2D eigenvalue weighted by atomic mass is 16.5. The van der Waals surface area contributed by atoms with Crippen molar-refractivity contribution in [1.82, 2.24) is 4.90 Å². The molecule has 1 saturated heterocycles. The van der Waals surface area contributed by atoms with E-state index in [4.69, 9.17) is 4.74 Å². The van der Waals surface area contributed by atoms with E-state index in [1.54, 1.807) is 0 Å². The van der Waals surface area contributed by atoms with Crippen molar-refractivity contribution < 1.29 is 4.74 Å². The van der Waals surface area contributed by atoms with E-state index < -0.39 is 0 Å². The first-order valence-corrected chi connectivity index (χ1v) is 6.52. The molecule has 0 aliphatic carbocycles. The Hall–Kier alpha value is -0.0800. The molecule has 0 unspecified atom stereocenters. The lowest BCUT2D eigenvalue weighted by Crippen LogP contribution is -2.49.